The molecule has 0 heterocycles. The number of nitrogens with zero attached hydrogens (tertiary/aromatic N) is 1. The van der Waals surface area contributed by atoms with Crippen molar-refractivity contribution in [3.63, 3.8) is 0 Å². The topological polar surface area (TPSA) is 293 Å². The second kappa shape index (κ2) is 21.6. The van der Waals surface area contributed by atoms with E-state index in [1.165, 1.54) is 19.1 Å². The third-order valence-electron chi connectivity index (χ3n) is 8.04. The second-order valence-electron chi connectivity index (χ2n) is 13.3. The molecular formula is C36H53N9O8. The van der Waals surface area contributed by atoms with Crippen LogP contribution in [-0.4, -0.2) is 94.5 Å². The van der Waals surface area contributed by atoms with E-state index >= 15 is 0 Å². The highest BCUT2D eigenvalue weighted by Crippen LogP contribution is 2.12. The first kappa shape index (κ1) is 43.5. The van der Waals surface area contributed by atoms with Crippen molar-refractivity contribution in [3.8, 4) is 5.75 Å². The maximum Gasteiger partial charge on any atom is 0.326 e. The number of aromatic hydroxyl groups is 1. The van der Waals surface area contributed by atoms with Crippen molar-refractivity contribution >= 4 is 41.5 Å². The Hall–Kier alpha value is -5.71. The number of carbonyl (C=O) groups excluding carboxylic acids is 5. The van der Waals surface area contributed by atoms with Crippen LogP contribution in [0.15, 0.2) is 59.6 Å². The minimum Gasteiger partial charge on any atom is -0.508 e. The summed E-state index contributed by atoms with van der Waals surface area (Å²) in [5, 5.41) is 31.9. The van der Waals surface area contributed by atoms with Crippen LogP contribution in [0.2, 0.25) is 0 Å². The van der Waals surface area contributed by atoms with Crippen LogP contribution in [0.1, 0.15) is 58.1 Å². The smallest absolute Gasteiger partial charge is 0.326 e. The molecule has 17 heteroatoms. The van der Waals surface area contributed by atoms with Gasteiger partial charge < -0.3 is 54.0 Å². The predicted molar refractivity (Wildman–Crippen MR) is 198 cm³/mol. The van der Waals surface area contributed by atoms with Gasteiger partial charge in [0.1, 0.15) is 29.9 Å². The van der Waals surface area contributed by atoms with Gasteiger partial charge >= 0.3 is 5.97 Å². The number of guanidine groups is 1. The fourth-order valence-electron chi connectivity index (χ4n) is 5.22. The Morgan fingerprint density at radius 1 is 0.698 bits per heavy atom. The van der Waals surface area contributed by atoms with E-state index in [-0.39, 0.29) is 55.8 Å². The summed E-state index contributed by atoms with van der Waals surface area (Å²) in [6.45, 7) is 6.24. The molecule has 2 rings (SSSR count). The molecule has 0 aliphatic carbocycles. The molecule has 0 fully saturated rings. The first-order chi connectivity index (χ1) is 24.9. The lowest BCUT2D eigenvalue weighted by molar-refractivity contribution is -0.142. The maximum absolute atomic E-state index is 13.7. The number of aliphatic imine (C=N–C) groups is 1. The Kier molecular flexibility index (Phi) is 17.7. The Morgan fingerprint density at radius 2 is 1.28 bits per heavy atom. The Morgan fingerprint density at radius 3 is 1.87 bits per heavy atom. The number of amides is 5. The molecule has 0 aliphatic rings. The lowest BCUT2D eigenvalue weighted by Crippen LogP contribution is -2.57. The second-order valence-corrected chi connectivity index (χ2v) is 13.3. The molecule has 0 aromatic heterocycles. The van der Waals surface area contributed by atoms with Crippen molar-refractivity contribution in [3.05, 3.63) is 65.7 Å². The summed E-state index contributed by atoms with van der Waals surface area (Å²) in [6.07, 6.45) is 0.646. The summed E-state index contributed by atoms with van der Waals surface area (Å²) < 4.78 is 0. The summed E-state index contributed by atoms with van der Waals surface area (Å²) in [5.41, 5.74) is 18.2. The lowest BCUT2D eigenvalue weighted by atomic mass is 10.00. The highest BCUT2D eigenvalue weighted by molar-refractivity contribution is 5.95. The molecule has 6 atom stereocenters. The van der Waals surface area contributed by atoms with Gasteiger partial charge in [-0.05, 0) is 68.7 Å². The van der Waals surface area contributed by atoms with Crippen molar-refractivity contribution < 1.29 is 39.0 Å². The summed E-state index contributed by atoms with van der Waals surface area (Å²) in [6, 6.07) is 8.96. The number of phenols is 1. The van der Waals surface area contributed by atoms with E-state index in [9.17, 15) is 39.0 Å². The molecule has 0 spiro atoms. The molecule has 2 aromatic rings. The molecule has 2 aromatic carbocycles. The van der Waals surface area contributed by atoms with E-state index in [0.717, 1.165) is 0 Å². The van der Waals surface area contributed by atoms with E-state index in [2.05, 4.69) is 31.6 Å². The van der Waals surface area contributed by atoms with Crippen molar-refractivity contribution in [2.24, 2.45) is 28.1 Å². The molecule has 53 heavy (non-hydrogen) atoms. The van der Waals surface area contributed by atoms with Gasteiger partial charge in [-0.25, -0.2) is 4.79 Å². The number of aliphatic carboxylic acids is 1. The van der Waals surface area contributed by atoms with Crippen LogP contribution in [0.5, 0.6) is 5.75 Å². The normalized spacial score (nSPS) is 14.3. The molecule has 0 aliphatic heterocycles. The van der Waals surface area contributed by atoms with Crippen LogP contribution in [0, 0.1) is 5.92 Å². The van der Waals surface area contributed by atoms with Crippen molar-refractivity contribution in [2.45, 2.75) is 96.1 Å². The summed E-state index contributed by atoms with van der Waals surface area (Å²) in [4.78, 5) is 81.4. The van der Waals surface area contributed by atoms with Gasteiger partial charge in [-0.3, -0.25) is 29.0 Å². The zero-order valence-corrected chi connectivity index (χ0v) is 30.5. The van der Waals surface area contributed by atoms with Crippen LogP contribution in [0.4, 0.5) is 0 Å². The molecule has 0 saturated heterocycles. The van der Waals surface area contributed by atoms with Gasteiger partial charge in [-0.1, -0.05) is 56.3 Å². The number of nitrogens with two attached hydrogens (primary N) is 3. The Balaban J connectivity index is 2.08. The molecule has 0 saturated carbocycles. The minimum atomic E-state index is -1.28. The quantitative estimate of drug-likeness (QED) is 0.0556. The monoisotopic (exact) mass is 739 g/mol. The van der Waals surface area contributed by atoms with Gasteiger partial charge in [0.2, 0.25) is 29.5 Å². The zero-order chi connectivity index (χ0) is 39.7. The third-order valence-corrected chi connectivity index (χ3v) is 8.04. The van der Waals surface area contributed by atoms with Crippen LogP contribution < -0.4 is 43.8 Å². The molecule has 5 amide bonds. The number of carboxylic acids is 1. The van der Waals surface area contributed by atoms with Crippen LogP contribution in [-0.2, 0) is 41.6 Å². The molecule has 13 N–H and O–H groups in total. The predicted octanol–water partition coefficient (Wildman–Crippen LogP) is -0.847. The number of carboxylic acid groups (broad SMARTS) is 1. The summed E-state index contributed by atoms with van der Waals surface area (Å²) >= 11 is 0. The van der Waals surface area contributed by atoms with Gasteiger partial charge in [0, 0.05) is 6.42 Å². The number of nitrogens with one attached hydrogen (secondary N) is 5. The lowest BCUT2D eigenvalue weighted by Gasteiger charge is -2.26. The van der Waals surface area contributed by atoms with E-state index in [1.807, 2.05) is 13.8 Å². The Labute approximate surface area is 308 Å². The SMILES string of the molecule is CC(C)C[C@H](NC(=O)[C@H](Cc1ccccc1)NC(=O)CNC(=O)[C@H](C)NC(=O)[C@H](N)Cc1ccc(O)cc1)C(=O)N[C@H](CC[C@H](C)N=C(N)N)C(=O)O. The molecular weight excluding hydrogens is 686 g/mol. The van der Waals surface area contributed by atoms with Gasteiger partial charge in [0.05, 0.1) is 18.6 Å². The molecule has 0 bridgehead atoms. The number of carbonyl (C=O) groups is 6. The molecule has 290 valence electrons. The Bertz CT molecular complexity index is 1570. The van der Waals surface area contributed by atoms with Crippen LogP contribution in [0.25, 0.3) is 0 Å². The molecule has 0 radical (unpaired) electrons. The largest absolute Gasteiger partial charge is 0.508 e. The molecule has 0 unspecified atom stereocenters. The zero-order valence-electron chi connectivity index (χ0n) is 30.5. The molecule has 17 nitrogen and oxygen atoms in total. The average molecular weight is 740 g/mol. The summed E-state index contributed by atoms with van der Waals surface area (Å²) in [7, 11) is 0. The van der Waals surface area contributed by atoms with Crippen molar-refractivity contribution in [2.75, 3.05) is 6.54 Å². The van der Waals surface area contributed by atoms with E-state index in [4.69, 9.17) is 17.2 Å². The standard InChI is InChI=1S/C36H53N9O8/c1-20(2)16-28(33(50)44-27(35(52)53)15-10-21(3)41-36(38)39)45-34(51)29(18-23-8-6-5-7-9-23)43-30(47)19-40-31(48)22(4)42-32(49)26(37)17-24-11-13-25(46)14-12-24/h5-9,11-14,20-22,26-29,46H,10,15-19,37H2,1-4H3,(H,40,48)(H,42,49)(H,43,47)(H,44,50)(H,45,51)(H,52,53)(H4,38,39,41)/t21-,22-,26+,27+,28-,29-/m0/s1. The van der Waals surface area contributed by atoms with E-state index < -0.39 is 72.3 Å². The van der Waals surface area contributed by atoms with Gasteiger partial charge in [-0.2, -0.15) is 0 Å². The first-order valence-corrected chi connectivity index (χ1v) is 17.3. The third kappa shape index (κ3) is 16.5. The van der Waals surface area contributed by atoms with Crippen molar-refractivity contribution in [1.29, 1.82) is 0 Å². The summed E-state index contributed by atoms with van der Waals surface area (Å²) in [5.74, 6) is -4.84. The van der Waals surface area contributed by atoms with Crippen LogP contribution >= 0.6 is 0 Å². The number of hydrogen-bond donors (Lipinski definition) is 10. The van der Waals surface area contributed by atoms with Crippen LogP contribution in [0.3, 0.4) is 0 Å². The highest BCUT2D eigenvalue weighted by Gasteiger charge is 2.31. The minimum absolute atomic E-state index is 0.0225. The maximum atomic E-state index is 13.7. The number of hydrogen-bond acceptors (Lipinski definition) is 9. The van der Waals surface area contributed by atoms with Gasteiger partial charge in [-0.15, -0.1) is 0 Å². The highest BCUT2D eigenvalue weighted by atomic mass is 16.4. The number of rotatable bonds is 21. The average Bonchev–Trinajstić information content (AvgIpc) is 3.08. The van der Waals surface area contributed by atoms with Gasteiger partial charge in [0.25, 0.3) is 0 Å². The first-order valence-electron chi connectivity index (χ1n) is 17.3. The van der Waals surface area contributed by atoms with E-state index in [1.54, 1.807) is 49.4 Å². The fourth-order valence-corrected chi connectivity index (χ4v) is 5.22. The number of phenolic OH excluding ortho intramolecular Hbond substituents is 1. The van der Waals surface area contributed by atoms with Gasteiger partial charge in [0.15, 0.2) is 5.96 Å². The van der Waals surface area contributed by atoms with Crippen molar-refractivity contribution in [1.82, 2.24) is 26.6 Å². The number of benzene rings is 2. The fraction of sp³-hybridized carbons (Fsp3) is 0.472. The van der Waals surface area contributed by atoms with E-state index in [0.29, 0.717) is 11.1 Å².